The molecule has 120 valence electrons. The van der Waals surface area contributed by atoms with Crippen LogP contribution in [0.4, 0.5) is 4.39 Å². The second-order valence-electron chi connectivity index (χ2n) is 5.11. The van der Waals surface area contributed by atoms with E-state index in [2.05, 4.69) is 10.5 Å². The molecule has 0 radical (unpaired) electrons. The maximum atomic E-state index is 13.4. The van der Waals surface area contributed by atoms with Gasteiger partial charge < -0.3 is 4.74 Å². The number of ether oxygens (including phenoxy) is 1. The molecule has 4 nitrogen and oxygen atoms in total. The molecule has 0 atom stereocenters. The smallest absolute Gasteiger partial charge is 0.277 e. The number of carbonyl (C=O) groups is 1. The van der Waals surface area contributed by atoms with Gasteiger partial charge in [0.15, 0.2) is 6.61 Å². The molecule has 24 heavy (non-hydrogen) atoms. The van der Waals surface area contributed by atoms with Gasteiger partial charge >= 0.3 is 0 Å². The highest BCUT2D eigenvalue weighted by Gasteiger charge is 2.03. The van der Waals surface area contributed by atoms with Gasteiger partial charge in [-0.3, -0.25) is 4.79 Å². The molecular formula is C19H15FN2O2. The second kappa shape index (κ2) is 7.37. The van der Waals surface area contributed by atoms with Crippen LogP contribution < -0.4 is 10.2 Å². The summed E-state index contributed by atoms with van der Waals surface area (Å²) in [5, 5.41) is 5.86. The van der Waals surface area contributed by atoms with Crippen LogP contribution in [0, 0.1) is 5.82 Å². The van der Waals surface area contributed by atoms with Gasteiger partial charge in [-0.05, 0) is 29.0 Å². The molecule has 3 rings (SSSR count). The van der Waals surface area contributed by atoms with Gasteiger partial charge in [-0.1, -0.05) is 48.5 Å². The van der Waals surface area contributed by atoms with E-state index in [9.17, 15) is 9.18 Å². The van der Waals surface area contributed by atoms with Crippen molar-refractivity contribution in [3.05, 3.63) is 78.1 Å². The van der Waals surface area contributed by atoms with Gasteiger partial charge in [-0.2, -0.15) is 5.10 Å². The van der Waals surface area contributed by atoms with Crippen molar-refractivity contribution in [1.82, 2.24) is 5.43 Å². The molecule has 0 saturated carbocycles. The lowest BCUT2D eigenvalue weighted by molar-refractivity contribution is -0.123. The summed E-state index contributed by atoms with van der Waals surface area (Å²) in [5.41, 5.74) is 2.60. The van der Waals surface area contributed by atoms with Crippen molar-refractivity contribution in [2.24, 2.45) is 5.10 Å². The highest BCUT2D eigenvalue weighted by atomic mass is 19.1. The van der Waals surface area contributed by atoms with Crippen LogP contribution in [0.25, 0.3) is 10.8 Å². The summed E-state index contributed by atoms with van der Waals surface area (Å²) in [6, 6.07) is 19.6. The van der Waals surface area contributed by atoms with Gasteiger partial charge in [0, 0.05) is 5.56 Å². The molecule has 0 bridgehead atoms. The summed E-state index contributed by atoms with van der Waals surface area (Å²) in [4.78, 5) is 11.7. The SMILES string of the molecule is O=C(COc1ccc2ccccc2c1)N/N=C/c1ccccc1F. The zero-order valence-electron chi connectivity index (χ0n) is 12.8. The quantitative estimate of drug-likeness (QED) is 0.577. The molecule has 0 heterocycles. The van der Waals surface area contributed by atoms with E-state index < -0.39 is 11.7 Å². The van der Waals surface area contributed by atoms with E-state index in [4.69, 9.17) is 4.74 Å². The van der Waals surface area contributed by atoms with Crippen LogP contribution >= 0.6 is 0 Å². The standard InChI is InChI=1S/C19H15FN2O2/c20-18-8-4-3-7-16(18)12-21-22-19(23)13-24-17-10-9-14-5-1-2-6-15(14)11-17/h1-12H,13H2,(H,22,23)/b21-12+. The number of benzene rings is 3. The topological polar surface area (TPSA) is 50.7 Å². The average molecular weight is 322 g/mol. The average Bonchev–Trinajstić information content (AvgIpc) is 2.61. The Bertz CT molecular complexity index is 893. The maximum absolute atomic E-state index is 13.4. The molecule has 1 amide bonds. The van der Waals surface area contributed by atoms with Crippen molar-refractivity contribution in [1.29, 1.82) is 0 Å². The fourth-order valence-electron chi connectivity index (χ4n) is 2.19. The first-order chi connectivity index (χ1) is 11.7. The third kappa shape index (κ3) is 3.95. The zero-order chi connectivity index (χ0) is 16.8. The summed E-state index contributed by atoms with van der Waals surface area (Å²) in [6.45, 7) is -0.174. The predicted molar refractivity (Wildman–Crippen MR) is 91.6 cm³/mol. The van der Waals surface area contributed by atoms with Crippen LogP contribution in [-0.4, -0.2) is 18.7 Å². The molecule has 0 spiro atoms. The number of carbonyl (C=O) groups excluding carboxylic acids is 1. The van der Waals surface area contributed by atoms with Crippen LogP contribution in [0.15, 0.2) is 71.8 Å². The molecule has 0 aliphatic carbocycles. The summed E-state index contributed by atoms with van der Waals surface area (Å²) < 4.78 is 18.8. The monoisotopic (exact) mass is 322 g/mol. The molecule has 0 fully saturated rings. The molecule has 5 heteroatoms. The molecule has 3 aromatic carbocycles. The Labute approximate surface area is 138 Å². The molecule has 0 aliphatic rings. The molecule has 0 unspecified atom stereocenters. The van der Waals surface area contributed by atoms with Gasteiger partial charge in [0.25, 0.3) is 5.91 Å². The fraction of sp³-hybridized carbons (Fsp3) is 0.0526. The van der Waals surface area contributed by atoms with Crippen LogP contribution in [0.5, 0.6) is 5.75 Å². The second-order valence-corrected chi connectivity index (χ2v) is 5.11. The van der Waals surface area contributed by atoms with E-state index in [1.165, 1.54) is 12.3 Å². The van der Waals surface area contributed by atoms with E-state index in [-0.39, 0.29) is 6.61 Å². The Kier molecular flexibility index (Phi) is 4.81. The van der Waals surface area contributed by atoms with Gasteiger partial charge in [0.1, 0.15) is 11.6 Å². The normalized spacial score (nSPS) is 10.9. The summed E-state index contributed by atoms with van der Waals surface area (Å²) in [7, 11) is 0. The first kappa shape index (κ1) is 15.7. The Morgan fingerprint density at radius 3 is 2.62 bits per heavy atom. The van der Waals surface area contributed by atoms with E-state index in [0.717, 1.165) is 10.8 Å². The lowest BCUT2D eigenvalue weighted by atomic mass is 10.1. The molecule has 3 aromatic rings. The highest BCUT2D eigenvalue weighted by molar-refractivity contribution is 5.84. The van der Waals surface area contributed by atoms with Crippen LogP contribution in [0.1, 0.15) is 5.56 Å². The number of hydrogen-bond donors (Lipinski definition) is 1. The minimum Gasteiger partial charge on any atom is -0.484 e. The minimum atomic E-state index is -0.421. The minimum absolute atomic E-state index is 0.174. The largest absolute Gasteiger partial charge is 0.484 e. The number of nitrogens with zero attached hydrogens (tertiary/aromatic N) is 1. The van der Waals surface area contributed by atoms with Crippen LogP contribution in [-0.2, 0) is 4.79 Å². The summed E-state index contributed by atoms with van der Waals surface area (Å²) in [6.07, 6.45) is 1.25. The number of rotatable bonds is 5. The predicted octanol–water partition coefficient (Wildman–Crippen LogP) is 3.51. The fourth-order valence-corrected chi connectivity index (χ4v) is 2.19. The number of hydrogen-bond acceptors (Lipinski definition) is 3. The number of fused-ring (bicyclic) bond motifs is 1. The lowest BCUT2D eigenvalue weighted by Gasteiger charge is -2.06. The summed E-state index contributed by atoms with van der Waals surface area (Å²) >= 11 is 0. The van der Waals surface area contributed by atoms with E-state index in [1.807, 2.05) is 36.4 Å². The van der Waals surface area contributed by atoms with Gasteiger partial charge in [-0.25, -0.2) is 9.82 Å². The number of halogens is 1. The first-order valence-corrected chi connectivity index (χ1v) is 7.40. The molecule has 1 N–H and O–H groups in total. The van der Waals surface area contributed by atoms with Gasteiger partial charge in [-0.15, -0.1) is 0 Å². The van der Waals surface area contributed by atoms with Crippen LogP contribution in [0.2, 0.25) is 0 Å². The van der Waals surface area contributed by atoms with Crippen molar-refractivity contribution < 1.29 is 13.9 Å². The number of nitrogens with one attached hydrogen (secondary N) is 1. The Balaban J connectivity index is 1.54. The van der Waals surface area contributed by atoms with Crippen LogP contribution in [0.3, 0.4) is 0 Å². The highest BCUT2D eigenvalue weighted by Crippen LogP contribution is 2.20. The summed E-state index contributed by atoms with van der Waals surface area (Å²) in [5.74, 6) is -0.222. The van der Waals surface area contributed by atoms with Gasteiger partial charge in [0.05, 0.1) is 6.21 Å². The van der Waals surface area contributed by atoms with Crippen molar-refractivity contribution in [2.75, 3.05) is 6.61 Å². The molecule has 0 aromatic heterocycles. The zero-order valence-corrected chi connectivity index (χ0v) is 12.8. The number of amides is 1. The van der Waals surface area contributed by atoms with Crippen molar-refractivity contribution in [2.45, 2.75) is 0 Å². The van der Waals surface area contributed by atoms with E-state index >= 15 is 0 Å². The molecule has 0 aliphatic heterocycles. The lowest BCUT2D eigenvalue weighted by Crippen LogP contribution is -2.24. The Morgan fingerprint density at radius 1 is 1.04 bits per heavy atom. The first-order valence-electron chi connectivity index (χ1n) is 7.40. The Hall–Kier alpha value is -3.21. The van der Waals surface area contributed by atoms with E-state index in [1.54, 1.807) is 24.3 Å². The third-order valence-electron chi connectivity index (χ3n) is 3.39. The van der Waals surface area contributed by atoms with Crippen molar-refractivity contribution in [3.63, 3.8) is 0 Å². The third-order valence-corrected chi connectivity index (χ3v) is 3.39. The number of hydrazone groups is 1. The van der Waals surface area contributed by atoms with Gasteiger partial charge in [0.2, 0.25) is 0 Å². The maximum Gasteiger partial charge on any atom is 0.277 e. The Morgan fingerprint density at radius 2 is 1.79 bits per heavy atom. The van der Waals surface area contributed by atoms with Crippen molar-refractivity contribution in [3.8, 4) is 5.75 Å². The van der Waals surface area contributed by atoms with E-state index in [0.29, 0.717) is 11.3 Å². The van der Waals surface area contributed by atoms with Crippen molar-refractivity contribution >= 4 is 22.9 Å². The molecular weight excluding hydrogens is 307 g/mol. The molecule has 0 saturated heterocycles.